The molecule has 0 aromatic heterocycles. The summed E-state index contributed by atoms with van der Waals surface area (Å²) in [5.74, 6) is -1.59. The van der Waals surface area contributed by atoms with Crippen LogP contribution in [0.3, 0.4) is 0 Å². The molecule has 2 aromatic carbocycles. The Hall–Kier alpha value is -3.35. The van der Waals surface area contributed by atoms with Crippen LogP contribution in [0.4, 0.5) is 4.79 Å². The molecule has 7 heteroatoms. The number of aliphatic carboxylic acids is 1. The first-order chi connectivity index (χ1) is 16.5. The van der Waals surface area contributed by atoms with Gasteiger partial charge in [-0.2, -0.15) is 0 Å². The molecule has 0 radical (unpaired) electrons. The van der Waals surface area contributed by atoms with Crippen LogP contribution in [0.5, 0.6) is 0 Å². The van der Waals surface area contributed by atoms with Gasteiger partial charge >= 0.3 is 12.1 Å². The number of amides is 2. The molecule has 0 spiro atoms. The Kier molecular flexibility index (Phi) is 6.26. The molecule has 0 bridgehead atoms. The number of ether oxygens (including phenoxy) is 1. The maximum atomic E-state index is 12.9. The van der Waals surface area contributed by atoms with Gasteiger partial charge in [0.25, 0.3) is 0 Å². The van der Waals surface area contributed by atoms with Gasteiger partial charge < -0.3 is 20.5 Å². The van der Waals surface area contributed by atoms with Gasteiger partial charge in [0.05, 0.1) is 5.92 Å². The second kappa shape index (κ2) is 9.49. The summed E-state index contributed by atoms with van der Waals surface area (Å²) in [6.45, 7) is 0.354. The van der Waals surface area contributed by atoms with E-state index in [1.165, 1.54) is 0 Å². The minimum Gasteiger partial charge on any atom is -0.480 e. The van der Waals surface area contributed by atoms with Gasteiger partial charge in [-0.1, -0.05) is 55.0 Å². The maximum absolute atomic E-state index is 12.9. The highest BCUT2D eigenvalue weighted by molar-refractivity contribution is 5.86. The molecule has 2 saturated carbocycles. The number of carboxylic acids is 1. The van der Waals surface area contributed by atoms with Gasteiger partial charge in [0.1, 0.15) is 12.6 Å². The van der Waals surface area contributed by atoms with Crippen molar-refractivity contribution in [3.05, 3.63) is 59.7 Å². The van der Waals surface area contributed by atoms with Gasteiger partial charge in [-0.05, 0) is 59.8 Å². The van der Waals surface area contributed by atoms with Gasteiger partial charge in [-0.15, -0.1) is 0 Å². The molecule has 2 unspecified atom stereocenters. The highest BCUT2D eigenvalue weighted by Crippen LogP contribution is 2.44. The molecule has 3 aliphatic carbocycles. The van der Waals surface area contributed by atoms with Crippen LogP contribution < -0.4 is 10.6 Å². The average molecular weight is 463 g/mol. The number of hydrogen-bond acceptors (Lipinski definition) is 4. The molecule has 0 saturated heterocycles. The smallest absolute Gasteiger partial charge is 0.407 e. The zero-order chi connectivity index (χ0) is 23.7. The number of benzene rings is 2. The lowest BCUT2D eigenvalue weighted by molar-refractivity contribution is -0.143. The Balaban J connectivity index is 1.19. The van der Waals surface area contributed by atoms with Crippen molar-refractivity contribution < 1.29 is 24.2 Å². The van der Waals surface area contributed by atoms with Crippen molar-refractivity contribution >= 4 is 18.0 Å². The normalized spacial score (nSPS) is 18.7. The average Bonchev–Trinajstić information content (AvgIpc) is 3.59. The molecule has 3 N–H and O–H groups in total. The van der Waals surface area contributed by atoms with E-state index in [1.807, 2.05) is 24.3 Å². The fourth-order valence-electron chi connectivity index (χ4n) is 5.23. The number of alkyl carbamates (subject to hydrolysis) is 1. The SMILES string of the molecule is O=C(NCC(C(=O)NC(C(=O)O)C1CC1)C1CCC1)OCC1c2ccccc2-c2ccccc21. The molecule has 2 amide bonds. The number of carbonyl (C=O) groups is 3. The zero-order valence-electron chi connectivity index (χ0n) is 19.0. The van der Waals surface area contributed by atoms with E-state index in [0.29, 0.717) is 0 Å². The number of hydrogen-bond donors (Lipinski definition) is 3. The monoisotopic (exact) mass is 462 g/mol. The molecule has 178 valence electrons. The van der Waals surface area contributed by atoms with Crippen LogP contribution in [0.1, 0.15) is 49.1 Å². The molecular formula is C27H30N2O5. The highest BCUT2D eigenvalue weighted by atomic mass is 16.5. The number of fused-ring (bicyclic) bond motifs is 3. The second-order valence-electron chi connectivity index (χ2n) is 9.67. The number of rotatable bonds is 9. The molecule has 0 aliphatic heterocycles. The van der Waals surface area contributed by atoms with Crippen molar-refractivity contribution in [2.45, 2.75) is 44.1 Å². The number of nitrogens with one attached hydrogen (secondary N) is 2. The van der Waals surface area contributed by atoms with E-state index in [9.17, 15) is 19.5 Å². The Bertz CT molecular complexity index is 1050. The second-order valence-corrected chi connectivity index (χ2v) is 9.67. The maximum Gasteiger partial charge on any atom is 0.407 e. The standard InChI is InChI=1S/C27H30N2O5/c30-25(29-24(26(31)32)17-12-13-17)22(16-6-5-7-16)14-28-27(33)34-15-23-20-10-3-1-8-18(20)19-9-2-4-11-21(19)23/h1-4,8-11,16-17,22-24H,5-7,12-15H2,(H,28,33)(H,29,30)(H,31,32). The highest BCUT2D eigenvalue weighted by Gasteiger charge is 2.40. The fourth-order valence-corrected chi connectivity index (χ4v) is 5.23. The topological polar surface area (TPSA) is 105 Å². The van der Waals surface area contributed by atoms with Crippen molar-refractivity contribution in [2.75, 3.05) is 13.2 Å². The van der Waals surface area contributed by atoms with E-state index >= 15 is 0 Å². The number of carboxylic acid groups (broad SMARTS) is 1. The van der Waals surface area contributed by atoms with Crippen molar-refractivity contribution in [3.63, 3.8) is 0 Å². The van der Waals surface area contributed by atoms with E-state index in [4.69, 9.17) is 4.74 Å². The van der Waals surface area contributed by atoms with Crippen LogP contribution in [0.15, 0.2) is 48.5 Å². The Labute approximate surface area is 198 Å². The third-order valence-corrected chi connectivity index (χ3v) is 7.52. The van der Waals surface area contributed by atoms with E-state index in [-0.39, 0.29) is 36.8 Å². The molecule has 0 heterocycles. The summed E-state index contributed by atoms with van der Waals surface area (Å²) in [6.07, 6.45) is 3.95. The minimum atomic E-state index is -0.993. The molecule has 2 aromatic rings. The van der Waals surface area contributed by atoms with E-state index < -0.39 is 24.0 Å². The fraction of sp³-hybridized carbons (Fsp3) is 0.444. The lowest BCUT2D eigenvalue weighted by atomic mass is 9.75. The third-order valence-electron chi connectivity index (χ3n) is 7.52. The van der Waals surface area contributed by atoms with Crippen LogP contribution in [0, 0.1) is 17.8 Å². The molecule has 3 aliphatic rings. The molecule has 34 heavy (non-hydrogen) atoms. The molecule has 5 rings (SSSR count). The van der Waals surface area contributed by atoms with Crippen LogP contribution in [-0.2, 0) is 14.3 Å². The minimum absolute atomic E-state index is 0.0126. The summed E-state index contributed by atoms with van der Waals surface area (Å²) in [4.78, 5) is 37.0. The third kappa shape index (κ3) is 4.52. The van der Waals surface area contributed by atoms with Gasteiger partial charge in [-0.25, -0.2) is 9.59 Å². The molecule has 2 fully saturated rings. The van der Waals surface area contributed by atoms with Gasteiger partial charge in [0.2, 0.25) is 5.91 Å². The van der Waals surface area contributed by atoms with Crippen molar-refractivity contribution in [1.29, 1.82) is 0 Å². The van der Waals surface area contributed by atoms with Crippen molar-refractivity contribution in [2.24, 2.45) is 17.8 Å². The summed E-state index contributed by atoms with van der Waals surface area (Å²) in [6, 6.07) is 15.5. The summed E-state index contributed by atoms with van der Waals surface area (Å²) >= 11 is 0. The van der Waals surface area contributed by atoms with E-state index in [1.54, 1.807) is 0 Å². The predicted octanol–water partition coefficient (Wildman–Crippen LogP) is 3.92. The predicted molar refractivity (Wildman–Crippen MR) is 126 cm³/mol. The van der Waals surface area contributed by atoms with E-state index in [0.717, 1.165) is 54.4 Å². The Morgan fingerprint density at radius 3 is 2.06 bits per heavy atom. The quantitative estimate of drug-likeness (QED) is 0.524. The van der Waals surface area contributed by atoms with Gasteiger partial charge in [0.15, 0.2) is 0 Å². The van der Waals surface area contributed by atoms with Gasteiger partial charge in [-0.3, -0.25) is 4.79 Å². The number of carbonyl (C=O) groups excluding carboxylic acids is 2. The lowest BCUT2D eigenvalue weighted by Crippen LogP contribution is -2.50. The zero-order valence-corrected chi connectivity index (χ0v) is 19.0. The molecule has 7 nitrogen and oxygen atoms in total. The lowest BCUT2D eigenvalue weighted by Gasteiger charge is -2.33. The first kappa shape index (κ1) is 22.4. The Morgan fingerprint density at radius 2 is 1.53 bits per heavy atom. The van der Waals surface area contributed by atoms with Crippen LogP contribution in [-0.4, -0.2) is 42.3 Å². The van der Waals surface area contributed by atoms with Crippen molar-refractivity contribution in [1.82, 2.24) is 10.6 Å². The van der Waals surface area contributed by atoms with Crippen molar-refractivity contribution in [3.8, 4) is 11.1 Å². The first-order valence-corrected chi connectivity index (χ1v) is 12.1. The summed E-state index contributed by atoms with van der Waals surface area (Å²) in [5, 5.41) is 14.9. The van der Waals surface area contributed by atoms with Gasteiger partial charge in [0, 0.05) is 12.5 Å². The summed E-state index contributed by atoms with van der Waals surface area (Å²) < 4.78 is 5.59. The van der Waals surface area contributed by atoms with Crippen LogP contribution >= 0.6 is 0 Å². The molecular weight excluding hydrogens is 432 g/mol. The summed E-state index contributed by atoms with van der Waals surface area (Å²) in [7, 11) is 0. The van der Waals surface area contributed by atoms with Crippen LogP contribution in [0.25, 0.3) is 11.1 Å². The Morgan fingerprint density at radius 1 is 0.912 bits per heavy atom. The first-order valence-electron chi connectivity index (χ1n) is 12.1. The van der Waals surface area contributed by atoms with E-state index in [2.05, 4.69) is 34.9 Å². The summed E-state index contributed by atoms with van der Waals surface area (Å²) in [5.41, 5.74) is 4.61. The molecule has 2 atom stereocenters. The largest absolute Gasteiger partial charge is 0.480 e. The van der Waals surface area contributed by atoms with Crippen LogP contribution in [0.2, 0.25) is 0 Å².